The molecule has 2 saturated heterocycles. The Morgan fingerprint density at radius 1 is 1.09 bits per heavy atom. The first-order chi connectivity index (χ1) is 15.2. The highest BCUT2D eigenvalue weighted by atomic mass is 35.5. The molecule has 2 aromatic rings. The number of amides is 1. The van der Waals surface area contributed by atoms with E-state index in [9.17, 15) is 14.7 Å². The third-order valence-corrected chi connectivity index (χ3v) is 6.43. The van der Waals surface area contributed by atoms with Crippen molar-refractivity contribution in [3.05, 3.63) is 75.8 Å². The molecule has 2 fully saturated rings. The van der Waals surface area contributed by atoms with E-state index in [4.69, 9.17) is 16.3 Å². The summed E-state index contributed by atoms with van der Waals surface area (Å²) in [6.07, 6.45) is 1.67. The van der Waals surface area contributed by atoms with Crippen molar-refractivity contribution < 1.29 is 19.4 Å². The zero-order chi connectivity index (χ0) is 23.0. The van der Waals surface area contributed by atoms with Crippen molar-refractivity contribution in [2.75, 3.05) is 13.2 Å². The van der Waals surface area contributed by atoms with Gasteiger partial charge < -0.3 is 14.7 Å². The smallest absolute Gasteiger partial charge is 0.295 e. The van der Waals surface area contributed by atoms with Gasteiger partial charge in [-0.15, -0.1) is 0 Å². The molecule has 2 heterocycles. The normalized spacial score (nSPS) is 23.2. The van der Waals surface area contributed by atoms with Gasteiger partial charge in [-0.2, -0.15) is 0 Å². The number of halogens is 1. The first-order valence-electron chi connectivity index (χ1n) is 10.9. The maximum absolute atomic E-state index is 13.1. The van der Waals surface area contributed by atoms with Crippen LogP contribution in [0.4, 0.5) is 0 Å². The molecule has 4 rings (SSSR count). The minimum Gasteiger partial charge on any atom is -0.507 e. The fourth-order valence-electron chi connectivity index (χ4n) is 4.35. The second-order valence-electron chi connectivity index (χ2n) is 9.47. The molecule has 2 aliphatic heterocycles. The summed E-state index contributed by atoms with van der Waals surface area (Å²) in [6.45, 7) is 7.36. The lowest BCUT2D eigenvalue weighted by Gasteiger charge is -2.28. The number of hydrogen-bond donors (Lipinski definition) is 1. The van der Waals surface area contributed by atoms with Crippen LogP contribution in [0.15, 0.2) is 54.1 Å². The van der Waals surface area contributed by atoms with E-state index in [1.807, 2.05) is 24.3 Å². The van der Waals surface area contributed by atoms with Gasteiger partial charge in [0.25, 0.3) is 11.7 Å². The molecule has 1 N–H and O–H groups in total. The van der Waals surface area contributed by atoms with Gasteiger partial charge in [-0.05, 0) is 53.6 Å². The molecular formula is C26H28ClNO4. The molecule has 5 nitrogen and oxygen atoms in total. The first kappa shape index (κ1) is 22.6. The molecule has 0 spiro atoms. The lowest BCUT2D eigenvalue weighted by Crippen LogP contribution is -2.36. The number of Topliss-reactive ketones (excluding diaryl/α,β-unsaturated/α-hetero) is 1. The summed E-state index contributed by atoms with van der Waals surface area (Å²) < 4.78 is 5.74. The quantitative estimate of drug-likeness (QED) is 0.390. The van der Waals surface area contributed by atoms with Gasteiger partial charge in [-0.25, -0.2) is 0 Å². The molecule has 2 aliphatic rings. The summed E-state index contributed by atoms with van der Waals surface area (Å²) in [7, 11) is 0. The number of nitrogens with zero attached hydrogens (tertiary/aromatic N) is 1. The van der Waals surface area contributed by atoms with Crippen LogP contribution in [0, 0.1) is 0 Å². The number of benzene rings is 2. The van der Waals surface area contributed by atoms with Crippen molar-refractivity contribution in [3.8, 4) is 0 Å². The largest absolute Gasteiger partial charge is 0.507 e. The number of aliphatic hydroxyl groups is 1. The molecule has 2 aromatic carbocycles. The van der Waals surface area contributed by atoms with E-state index >= 15 is 0 Å². The minimum absolute atomic E-state index is 0.0265. The molecule has 0 aliphatic carbocycles. The van der Waals surface area contributed by atoms with Crippen LogP contribution < -0.4 is 0 Å². The van der Waals surface area contributed by atoms with Crippen LogP contribution >= 0.6 is 11.6 Å². The SMILES string of the molecule is CC(C)(C)c1ccc([C@@H]2/C(=C(\O)c3ccc(Cl)cc3)C(=O)C(=O)N2C[C@@H]2CCCO2)cc1. The second kappa shape index (κ2) is 8.72. The summed E-state index contributed by atoms with van der Waals surface area (Å²) >= 11 is 5.98. The van der Waals surface area contributed by atoms with Gasteiger partial charge in [0.15, 0.2) is 0 Å². The maximum atomic E-state index is 13.1. The predicted molar refractivity (Wildman–Crippen MR) is 125 cm³/mol. The van der Waals surface area contributed by atoms with E-state index in [0.29, 0.717) is 23.7 Å². The number of aliphatic hydroxyl groups excluding tert-OH is 1. The molecule has 0 aromatic heterocycles. The third kappa shape index (κ3) is 4.32. The number of ketones is 1. The highest BCUT2D eigenvalue weighted by Gasteiger charge is 2.47. The van der Waals surface area contributed by atoms with Crippen LogP contribution in [0.3, 0.4) is 0 Å². The van der Waals surface area contributed by atoms with Gasteiger partial charge in [0.1, 0.15) is 5.76 Å². The molecule has 168 valence electrons. The Balaban J connectivity index is 1.81. The Labute approximate surface area is 193 Å². The second-order valence-corrected chi connectivity index (χ2v) is 9.90. The minimum atomic E-state index is -0.680. The average molecular weight is 454 g/mol. The first-order valence-corrected chi connectivity index (χ1v) is 11.3. The van der Waals surface area contributed by atoms with Crippen LogP contribution in [-0.4, -0.2) is 41.0 Å². The molecule has 32 heavy (non-hydrogen) atoms. The van der Waals surface area contributed by atoms with Crippen LogP contribution in [0.1, 0.15) is 56.3 Å². The fourth-order valence-corrected chi connectivity index (χ4v) is 4.48. The number of carbonyl (C=O) groups is 2. The highest BCUT2D eigenvalue weighted by molar-refractivity contribution is 6.46. The van der Waals surface area contributed by atoms with Gasteiger partial charge in [-0.1, -0.05) is 56.6 Å². The van der Waals surface area contributed by atoms with Gasteiger partial charge in [0.2, 0.25) is 0 Å². The third-order valence-electron chi connectivity index (χ3n) is 6.17. The van der Waals surface area contributed by atoms with Crippen molar-refractivity contribution >= 4 is 29.1 Å². The lowest BCUT2D eigenvalue weighted by atomic mass is 9.85. The fraction of sp³-hybridized carbons (Fsp3) is 0.385. The van der Waals surface area contributed by atoms with Gasteiger partial charge in [0.05, 0.1) is 17.7 Å². The van der Waals surface area contributed by atoms with Crippen LogP contribution in [0.5, 0.6) is 0 Å². The summed E-state index contributed by atoms with van der Waals surface area (Å²) in [5.74, 6) is -1.49. The monoisotopic (exact) mass is 453 g/mol. The molecule has 0 unspecified atom stereocenters. The van der Waals surface area contributed by atoms with E-state index in [1.54, 1.807) is 29.2 Å². The number of ether oxygens (including phenoxy) is 1. The summed E-state index contributed by atoms with van der Waals surface area (Å²) in [4.78, 5) is 27.7. The molecule has 0 radical (unpaired) electrons. The number of likely N-dealkylation sites (tertiary alicyclic amines) is 1. The Morgan fingerprint density at radius 2 is 1.75 bits per heavy atom. The topological polar surface area (TPSA) is 66.8 Å². The predicted octanol–water partition coefficient (Wildman–Crippen LogP) is 5.24. The van der Waals surface area contributed by atoms with Crippen molar-refractivity contribution in [1.29, 1.82) is 0 Å². The van der Waals surface area contributed by atoms with Crippen molar-refractivity contribution in [2.24, 2.45) is 0 Å². The van der Waals surface area contributed by atoms with E-state index < -0.39 is 17.7 Å². The Bertz CT molecular complexity index is 1040. The maximum Gasteiger partial charge on any atom is 0.295 e. The van der Waals surface area contributed by atoms with Crippen molar-refractivity contribution in [2.45, 2.75) is 51.2 Å². The molecular weight excluding hydrogens is 426 g/mol. The molecule has 1 amide bonds. The average Bonchev–Trinajstić information content (AvgIpc) is 3.36. The van der Waals surface area contributed by atoms with Crippen LogP contribution in [-0.2, 0) is 19.7 Å². The van der Waals surface area contributed by atoms with Gasteiger partial charge >= 0.3 is 0 Å². The highest BCUT2D eigenvalue weighted by Crippen LogP contribution is 2.40. The van der Waals surface area contributed by atoms with E-state index in [1.165, 1.54) is 0 Å². The van der Waals surface area contributed by atoms with Crippen LogP contribution in [0.25, 0.3) is 5.76 Å². The number of carbonyl (C=O) groups excluding carboxylic acids is 2. The van der Waals surface area contributed by atoms with Gasteiger partial charge in [0, 0.05) is 23.7 Å². The number of rotatable bonds is 4. The number of hydrogen-bond acceptors (Lipinski definition) is 4. The molecule has 0 saturated carbocycles. The summed E-state index contributed by atoms with van der Waals surface area (Å²) in [5, 5.41) is 11.6. The standard InChI is InChI=1S/C26H28ClNO4/c1-26(2,3)18-10-6-16(7-11-18)22-21(23(29)17-8-12-19(27)13-9-17)24(30)25(31)28(22)15-20-5-4-14-32-20/h6-13,20,22,29H,4-5,14-15H2,1-3H3/b23-21+/t20-,22+/m0/s1. The van der Waals surface area contributed by atoms with Crippen LogP contribution in [0.2, 0.25) is 5.02 Å². The summed E-state index contributed by atoms with van der Waals surface area (Å²) in [5.41, 5.74) is 2.45. The van der Waals surface area contributed by atoms with Crippen molar-refractivity contribution in [3.63, 3.8) is 0 Å². The lowest BCUT2D eigenvalue weighted by molar-refractivity contribution is -0.140. The molecule has 0 bridgehead atoms. The van der Waals surface area contributed by atoms with Gasteiger partial charge in [-0.3, -0.25) is 9.59 Å². The Kier molecular flexibility index (Phi) is 6.15. The zero-order valence-corrected chi connectivity index (χ0v) is 19.4. The van der Waals surface area contributed by atoms with E-state index in [0.717, 1.165) is 24.0 Å². The Morgan fingerprint density at radius 3 is 2.31 bits per heavy atom. The molecule has 2 atom stereocenters. The van der Waals surface area contributed by atoms with E-state index in [-0.39, 0.29) is 22.9 Å². The zero-order valence-electron chi connectivity index (χ0n) is 18.6. The molecule has 6 heteroatoms. The van der Waals surface area contributed by atoms with Crippen molar-refractivity contribution in [1.82, 2.24) is 4.90 Å². The van der Waals surface area contributed by atoms with E-state index in [2.05, 4.69) is 20.8 Å². The Hall–Kier alpha value is -2.63. The summed E-state index contributed by atoms with van der Waals surface area (Å²) in [6, 6.07) is 13.8.